The van der Waals surface area contributed by atoms with E-state index in [1.807, 2.05) is 29.2 Å². The molecule has 0 saturated carbocycles. The minimum atomic E-state index is -0.940. The van der Waals surface area contributed by atoms with Crippen molar-refractivity contribution in [1.29, 1.82) is 0 Å². The van der Waals surface area contributed by atoms with E-state index in [9.17, 15) is 4.79 Å². The van der Waals surface area contributed by atoms with Gasteiger partial charge in [-0.1, -0.05) is 11.6 Å². The van der Waals surface area contributed by atoms with Crippen LogP contribution in [0.5, 0.6) is 0 Å². The van der Waals surface area contributed by atoms with Gasteiger partial charge in [0.05, 0.1) is 5.29 Å². The molecule has 0 radical (unpaired) electrons. The summed E-state index contributed by atoms with van der Waals surface area (Å²) in [5, 5.41) is 6.06. The number of thioether (sulfide) groups is 1. The van der Waals surface area contributed by atoms with Crippen molar-refractivity contribution in [2.24, 2.45) is 11.0 Å². The molecule has 4 N–H and O–H groups in total. The molecule has 2 rings (SSSR count). The molecule has 0 saturated heterocycles. The molecular formula is C9H11ClN4O2S. The van der Waals surface area contributed by atoms with Crippen LogP contribution in [0, 0.1) is 4.91 Å². The molecule has 17 heavy (non-hydrogen) atoms. The van der Waals surface area contributed by atoms with E-state index in [4.69, 9.17) is 16.5 Å². The Bertz CT molecular complexity index is 416. The Balaban J connectivity index is 0.000000209. The average Bonchev–Trinajstić information content (AvgIpc) is 2.29. The third-order valence-corrected chi connectivity index (χ3v) is 3.08. The predicted molar refractivity (Wildman–Crippen MR) is 69.2 cm³/mol. The van der Waals surface area contributed by atoms with Gasteiger partial charge in [-0.15, -0.1) is 16.7 Å². The van der Waals surface area contributed by atoms with Crippen molar-refractivity contribution in [3.63, 3.8) is 0 Å². The first-order chi connectivity index (χ1) is 8.13. The summed E-state index contributed by atoms with van der Waals surface area (Å²) in [5.74, 6) is 1.15. The molecular weight excluding hydrogens is 264 g/mol. The highest BCUT2D eigenvalue weighted by molar-refractivity contribution is 7.99. The fraction of sp³-hybridized carbons (Fsp3) is 0.222. The van der Waals surface area contributed by atoms with E-state index >= 15 is 0 Å². The summed E-state index contributed by atoms with van der Waals surface area (Å²) in [6.07, 6.45) is 0. The van der Waals surface area contributed by atoms with Crippen molar-refractivity contribution < 1.29 is 4.79 Å². The van der Waals surface area contributed by atoms with Crippen LogP contribution in [-0.4, -0.2) is 18.3 Å². The lowest BCUT2D eigenvalue weighted by molar-refractivity contribution is 0.249. The first-order valence-electron chi connectivity index (χ1n) is 4.67. The van der Waals surface area contributed by atoms with Crippen LogP contribution in [0.15, 0.2) is 28.4 Å². The lowest BCUT2D eigenvalue weighted by Crippen LogP contribution is -2.23. The van der Waals surface area contributed by atoms with Gasteiger partial charge < -0.3 is 11.1 Å². The molecule has 8 heteroatoms. The second-order valence-electron chi connectivity index (χ2n) is 2.98. The van der Waals surface area contributed by atoms with Crippen LogP contribution in [0.3, 0.4) is 0 Å². The number of nitrogens with zero attached hydrogens (tertiary/aromatic N) is 1. The summed E-state index contributed by atoms with van der Waals surface area (Å²) >= 11 is 7.70. The summed E-state index contributed by atoms with van der Waals surface area (Å²) < 4.78 is 0. The van der Waals surface area contributed by atoms with Gasteiger partial charge in [-0.25, -0.2) is 4.79 Å². The number of rotatable bonds is 1. The number of nitrogens with one attached hydrogen (secondary N) is 2. The van der Waals surface area contributed by atoms with Crippen LogP contribution < -0.4 is 16.5 Å². The van der Waals surface area contributed by atoms with Crippen molar-refractivity contribution in [3.05, 3.63) is 28.1 Å². The van der Waals surface area contributed by atoms with Crippen LogP contribution in [0.1, 0.15) is 0 Å². The molecule has 1 aromatic rings. The zero-order chi connectivity index (χ0) is 12.7. The fourth-order valence-electron chi connectivity index (χ4n) is 1.16. The Morgan fingerprint density at radius 3 is 2.94 bits per heavy atom. The number of carbonyl (C=O) groups is 1. The number of nitroso groups, excluding NO2 is 1. The number of carbonyl (C=O) groups excluding carboxylic acids is 1. The summed E-state index contributed by atoms with van der Waals surface area (Å²) in [4.78, 5) is 19.7. The highest BCUT2D eigenvalue weighted by Gasteiger charge is 2.07. The smallest absolute Gasteiger partial charge is 0.335 e. The molecule has 2 amide bonds. The molecule has 0 atom stereocenters. The number of fused-ring (bicyclic) bond motifs is 1. The molecule has 1 aromatic carbocycles. The van der Waals surface area contributed by atoms with E-state index in [0.717, 1.165) is 17.3 Å². The van der Waals surface area contributed by atoms with Gasteiger partial charge in [-0.2, -0.15) is 5.43 Å². The summed E-state index contributed by atoms with van der Waals surface area (Å²) in [6.45, 7) is 1.04. The maximum absolute atomic E-state index is 9.42. The summed E-state index contributed by atoms with van der Waals surface area (Å²) in [5.41, 5.74) is 6.95. The van der Waals surface area contributed by atoms with E-state index in [0.29, 0.717) is 0 Å². The van der Waals surface area contributed by atoms with Gasteiger partial charge in [0.2, 0.25) is 0 Å². The minimum Gasteiger partial charge on any atom is -0.383 e. The van der Waals surface area contributed by atoms with Crippen molar-refractivity contribution in [1.82, 2.24) is 5.43 Å². The Labute approximate surface area is 107 Å². The lowest BCUT2D eigenvalue weighted by atomic mass is 10.3. The first-order valence-corrected chi connectivity index (χ1v) is 6.04. The number of hydrogen-bond donors (Lipinski definition) is 3. The fourth-order valence-corrected chi connectivity index (χ4v) is 2.20. The predicted octanol–water partition coefficient (Wildman–Crippen LogP) is 2.19. The first kappa shape index (κ1) is 13.6. The number of primary amides is 1. The molecule has 0 bridgehead atoms. The highest BCUT2D eigenvalue weighted by atomic mass is 35.5. The monoisotopic (exact) mass is 274 g/mol. The number of amides is 2. The Morgan fingerprint density at radius 1 is 1.59 bits per heavy atom. The van der Waals surface area contributed by atoms with E-state index in [1.54, 1.807) is 0 Å². The van der Waals surface area contributed by atoms with Gasteiger partial charge in [0, 0.05) is 27.9 Å². The maximum atomic E-state index is 9.42. The van der Waals surface area contributed by atoms with Crippen molar-refractivity contribution in [3.8, 4) is 0 Å². The van der Waals surface area contributed by atoms with Gasteiger partial charge in [0.25, 0.3) is 0 Å². The Hall–Kier alpha value is -1.47. The normalized spacial score (nSPS) is 12.3. The van der Waals surface area contributed by atoms with Crippen LogP contribution in [0.2, 0.25) is 5.02 Å². The summed E-state index contributed by atoms with van der Waals surface area (Å²) in [6, 6.07) is 5.03. The average molecular weight is 275 g/mol. The van der Waals surface area contributed by atoms with Gasteiger partial charge in [-0.05, 0) is 18.2 Å². The second kappa shape index (κ2) is 6.97. The molecule has 1 aliphatic rings. The summed E-state index contributed by atoms with van der Waals surface area (Å²) in [7, 11) is 0. The van der Waals surface area contributed by atoms with E-state index < -0.39 is 6.03 Å². The van der Waals surface area contributed by atoms with E-state index in [2.05, 4.69) is 17.1 Å². The van der Waals surface area contributed by atoms with Gasteiger partial charge in [0.15, 0.2) is 0 Å². The number of benzene rings is 1. The van der Waals surface area contributed by atoms with Crippen LogP contribution in [-0.2, 0) is 0 Å². The van der Waals surface area contributed by atoms with Crippen LogP contribution in [0.4, 0.5) is 10.5 Å². The van der Waals surface area contributed by atoms with Gasteiger partial charge in [-0.3, -0.25) is 0 Å². The third kappa shape index (κ3) is 4.92. The highest BCUT2D eigenvalue weighted by Crippen LogP contribution is 2.32. The van der Waals surface area contributed by atoms with Crippen molar-refractivity contribution >= 4 is 35.1 Å². The van der Waals surface area contributed by atoms with Gasteiger partial charge in [0.1, 0.15) is 0 Å². The topological polar surface area (TPSA) is 96.6 Å². The number of anilines is 1. The quantitative estimate of drug-likeness (QED) is 0.540. The molecule has 0 fully saturated rings. The molecule has 0 unspecified atom stereocenters. The standard InChI is InChI=1S/C8H8ClNS.CH3N3O2/c9-6-1-2-8-7(5-6)10-3-4-11-8;2-1(5)3-4-6/h1-2,5,10H,3-4H2;(H3,2,3,5,6). The molecule has 1 aliphatic heterocycles. The Morgan fingerprint density at radius 2 is 2.35 bits per heavy atom. The molecule has 0 spiro atoms. The van der Waals surface area contributed by atoms with Crippen molar-refractivity contribution in [2.75, 3.05) is 17.6 Å². The minimum absolute atomic E-state index is 0.804. The van der Waals surface area contributed by atoms with E-state index in [1.165, 1.54) is 16.0 Å². The molecule has 0 aromatic heterocycles. The maximum Gasteiger partial charge on any atom is 0.335 e. The SMILES string of the molecule is Clc1ccc2c(c1)NCCS2.NC(=O)NN=O. The van der Waals surface area contributed by atoms with Gasteiger partial charge >= 0.3 is 6.03 Å². The third-order valence-electron chi connectivity index (χ3n) is 1.77. The zero-order valence-corrected chi connectivity index (χ0v) is 10.3. The number of nitrogens with two attached hydrogens (primary N) is 1. The van der Waals surface area contributed by atoms with E-state index in [-0.39, 0.29) is 0 Å². The Kier molecular flexibility index (Phi) is 5.58. The van der Waals surface area contributed by atoms with Crippen LogP contribution >= 0.6 is 23.4 Å². The lowest BCUT2D eigenvalue weighted by Gasteiger charge is -2.16. The zero-order valence-electron chi connectivity index (χ0n) is 8.77. The van der Waals surface area contributed by atoms with Crippen molar-refractivity contribution in [2.45, 2.75) is 4.90 Å². The number of urea groups is 1. The second-order valence-corrected chi connectivity index (χ2v) is 4.56. The molecule has 0 aliphatic carbocycles. The number of hydrogen-bond acceptors (Lipinski definition) is 5. The molecule has 1 heterocycles. The van der Waals surface area contributed by atoms with Crippen LogP contribution in [0.25, 0.3) is 0 Å². The number of halogens is 1. The molecule has 92 valence electrons. The molecule has 6 nitrogen and oxygen atoms in total. The largest absolute Gasteiger partial charge is 0.383 e.